The Morgan fingerprint density at radius 2 is 1.93 bits per heavy atom. The lowest BCUT2D eigenvalue weighted by Crippen LogP contribution is -2.27. The van der Waals surface area contributed by atoms with E-state index in [1.165, 1.54) is 10.9 Å². The number of aromatic nitrogens is 3. The summed E-state index contributed by atoms with van der Waals surface area (Å²) in [5.41, 5.74) is 2.52. The van der Waals surface area contributed by atoms with Gasteiger partial charge in [-0.15, -0.1) is 0 Å². The van der Waals surface area contributed by atoms with E-state index in [1.54, 1.807) is 44.2 Å². The van der Waals surface area contributed by atoms with Crippen molar-refractivity contribution in [3.05, 3.63) is 63.7 Å². The molecule has 3 aromatic rings. The fraction of sp³-hybridized carbons (Fsp3) is 0.250. The maximum Gasteiger partial charge on any atom is 0.280 e. The fourth-order valence-electron chi connectivity index (χ4n) is 3.18. The predicted octanol–water partition coefficient (Wildman–Crippen LogP) is 2.16. The van der Waals surface area contributed by atoms with Gasteiger partial charge in [0, 0.05) is 17.9 Å². The minimum Gasteiger partial charge on any atom is -0.293 e. The minimum atomic E-state index is -3.63. The highest BCUT2D eigenvalue weighted by Gasteiger charge is 2.29. The Labute approximate surface area is 167 Å². The van der Waals surface area contributed by atoms with Crippen molar-refractivity contribution in [2.24, 2.45) is 0 Å². The molecule has 0 bridgehead atoms. The molecule has 2 heterocycles. The quantitative estimate of drug-likeness (QED) is 0.669. The van der Waals surface area contributed by atoms with Crippen LogP contribution >= 0.6 is 0 Å². The standard InChI is InChI=1S/C20H19N5O3S/c1-12-9-18(22-11-17(12)29(27,28)24-16-7-8-16)25-20(26)19(13(2)23-25)15-5-3-14(10-21)4-6-15/h3-6,9,11,16,23-24H,7-8H2,1-2H3. The van der Waals surface area contributed by atoms with Crippen LogP contribution in [0.5, 0.6) is 0 Å². The van der Waals surface area contributed by atoms with Crippen molar-refractivity contribution >= 4 is 10.0 Å². The Balaban J connectivity index is 1.73. The fourth-order valence-corrected chi connectivity index (χ4v) is 4.65. The van der Waals surface area contributed by atoms with Gasteiger partial charge < -0.3 is 0 Å². The molecule has 1 aliphatic rings. The first kappa shape index (κ1) is 19.1. The zero-order valence-electron chi connectivity index (χ0n) is 15.9. The summed E-state index contributed by atoms with van der Waals surface area (Å²) in [7, 11) is -3.63. The highest BCUT2D eigenvalue weighted by molar-refractivity contribution is 7.89. The average Bonchev–Trinajstić information content (AvgIpc) is 3.44. The SMILES string of the molecule is Cc1cc(-n2[nH]c(C)c(-c3ccc(C#N)cc3)c2=O)ncc1S(=O)(=O)NC1CC1. The van der Waals surface area contributed by atoms with Crippen LogP contribution in [0.25, 0.3) is 16.9 Å². The third-order valence-electron chi connectivity index (χ3n) is 4.84. The number of aryl methyl sites for hydroxylation is 2. The van der Waals surface area contributed by atoms with Crippen LogP contribution in [0.2, 0.25) is 0 Å². The number of sulfonamides is 1. The van der Waals surface area contributed by atoms with Crippen molar-refractivity contribution < 1.29 is 8.42 Å². The van der Waals surface area contributed by atoms with E-state index >= 15 is 0 Å². The predicted molar refractivity (Wildman–Crippen MR) is 107 cm³/mol. The molecular formula is C20H19N5O3S. The van der Waals surface area contributed by atoms with Gasteiger partial charge in [0.1, 0.15) is 4.90 Å². The van der Waals surface area contributed by atoms with E-state index in [9.17, 15) is 13.2 Å². The topological polar surface area (TPSA) is 121 Å². The van der Waals surface area contributed by atoms with E-state index in [2.05, 4.69) is 14.8 Å². The molecule has 1 fully saturated rings. The molecule has 8 nitrogen and oxygen atoms in total. The number of pyridine rings is 1. The van der Waals surface area contributed by atoms with Crippen molar-refractivity contribution in [3.8, 4) is 23.0 Å². The van der Waals surface area contributed by atoms with Gasteiger partial charge in [0.25, 0.3) is 5.56 Å². The first-order valence-corrected chi connectivity index (χ1v) is 10.6. The number of benzene rings is 1. The van der Waals surface area contributed by atoms with E-state index in [0.717, 1.165) is 12.8 Å². The van der Waals surface area contributed by atoms with Crippen molar-refractivity contribution in [2.75, 3.05) is 0 Å². The molecule has 148 valence electrons. The number of nitrogens with one attached hydrogen (secondary N) is 2. The molecule has 0 atom stereocenters. The van der Waals surface area contributed by atoms with Gasteiger partial charge in [0.2, 0.25) is 10.0 Å². The molecule has 1 aromatic carbocycles. The second-order valence-corrected chi connectivity index (χ2v) is 8.83. The number of hydrogen-bond acceptors (Lipinski definition) is 5. The van der Waals surface area contributed by atoms with Gasteiger partial charge in [-0.2, -0.15) is 5.26 Å². The van der Waals surface area contributed by atoms with Gasteiger partial charge in [-0.1, -0.05) is 12.1 Å². The van der Waals surface area contributed by atoms with Crippen LogP contribution in [0, 0.1) is 25.2 Å². The monoisotopic (exact) mass is 409 g/mol. The van der Waals surface area contributed by atoms with Crippen molar-refractivity contribution in [2.45, 2.75) is 37.6 Å². The van der Waals surface area contributed by atoms with E-state index in [1.807, 2.05) is 6.07 Å². The van der Waals surface area contributed by atoms with Crippen LogP contribution in [0.1, 0.15) is 29.7 Å². The van der Waals surface area contributed by atoms with E-state index in [0.29, 0.717) is 33.8 Å². The van der Waals surface area contributed by atoms with Crippen molar-refractivity contribution in [1.29, 1.82) is 5.26 Å². The molecule has 0 unspecified atom stereocenters. The molecule has 0 spiro atoms. The molecule has 1 aliphatic carbocycles. The number of rotatable bonds is 5. The van der Waals surface area contributed by atoms with Crippen LogP contribution in [0.4, 0.5) is 0 Å². The third-order valence-corrected chi connectivity index (χ3v) is 6.49. The Morgan fingerprint density at radius 3 is 2.52 bits per heavy atom. The summed E-state index contributed by atoms with van der Waals surface area (Å²) in [6.07, 6.45) is 2.97. The highest BCUT2D eigenvalue weighted by atomic mass is 32.2. The average molecular weight is 409 g/mol. The lowest BCUT2D eigenvalue weighted by atomic mass is 10.1. The first-order chi connectivity index (χ1) is 13.8. The zero-order chi connectivity index (χ0) is 20.8. The second-order valence-electron chi connectivity index (χ2n) is 7.15. The van der Waals surface area contributed by atoms with Gasteiger partial charge in [0.05, 0.1) is 17.2 Å². The lowest BCUT2D eigenvalue weighted by Gasteiger charge is -2.09. The molecule has 4 rings (SSSR count). The Hall–Kier alpha value is -3.22. The summed E-state index contributed by atoms with van der Waals surface area (Å²) < 4.78 is 28.9. The number of aromatic amines is 1. The summed E-state index contributed by atoms with van der Waals surface area (Å²) in [4.78, 5) is 17.3. The Morgan fingerprint density at radius 1 is 1.24 bits per heavy atom. The van der Waals surface area contributed by atoms with Crippen LogP contribution < -0.4 is 10.3 Å². The van der Waals surface area contributed by atoms with E-state index < -0.39 is 10.0 Å². The molecule has 9 heteroatoms. The van der Waals surface area contributed by atoms with Gasteiger partial charge in [0.15, 0.2) is 5.82 Å². The van der Waals surface area contributed by atoms with Gasteiger partial charge in [-0.05, 0) is 56.0 Å². The molecule has 2 aromatic heterocycles. The Kier molecular flexibility index (Phi) is 4.61. The second kappa shape index (κ2) is 6.99. The summed E-state index contributed by atoms with van der Waals surface area (Å²) in [5, 5.41) is 11.9. The van der Waals surface area contributed by atoms with Gasteiger partial charge in [-0.25, -0.2) is 22.8 Å². The van der Waals surface area contributed by atoms with Crippen molar-refractivity contribution in [1.82, 2.24) is 19.5 Å². The lowest BCUT2D eigenvalue weighted by molar-refractivity contribution is 0.580. The van der Waals surface area contributed by atoms with Crippen LogP contribution in [0.3, 0.4) is 0 Å². The van der Waals surface area contributed by atoms with Crippen molar-refractivity contribution in [3.63, 3.8) is 0 Å². The maximum atomic E-state index is 13.0. The van der Waals surface area contributed by atoms with Crippen LogP contribution in [-0.4, -0.2) is 29.2 Å². The summed E-state index contributed by atoms with van der Waals surface area (Å²) in [6.45, 7) is 3.45. The van der Waals surface area contributed by atoms with E-state index in [4.69, 9.17) is 5.26 Å². The molecule has 0 saturated heterocycles. The molecule has 29 heavy (non-hydrogen) atoms. The summed E-state index contributed by atoms with van der Waals surface area (Å²) in [6, 6.07) is 10.4. The minimum absolute atomic E-state index is 0.00253. The first-order valence-electron chi connectivity index (χ1n) is 9.11. The largest absolute Gasteiger partial charge is 0.293 e. The summed E-state index contributed by atoms with van der Waals surface area (Å²) >= 11 is 0. The molecule has 1 saturated carbocycles. The molecule has 0 amide bonds. The van der Waals surface area contributed by atoms with Crippen LogP contribution in [-0.2, 0) is 10.0 Å². The normalized spacial score (nSPS) is 14.0. The van der Waals surface area contributed by atoms with E-state index in [-0.39, 0.29) is 16.5 Å². The number of nitrogens with zero attached hydrogens (tertiary/aromatic N) is 3. The molecule has 0 aliphatic heterocycles. The smallest absolute Gasteiger partial charge is 0.280 e. The Bertz CT molecular complexity index is 1290. The molecule has 2 N–H and O–H groups in total. The van der Waals surface area contributed by atoms with Gasteiger partial charge >= 0.3 is 0 Å². The maximum absolute atomic E-state index is 13.0. The van der Waals surface area contributed by atoms with Crippen LogP contribution in [0.15, 0.2) is 46.2 Å². The highest BCUT2D eigenvalue weighted by Crippen LogP contribution is 2.24. The summed E-state index contributed by atoms with van der Waals surface area (Å²) in [5.74, 6) is 0.306. The third kappa shape index (κ3) is 3.60. The number of nitriles is 1. The van der Waals surface area contributed by atoms with Gasteiger partial charge in [-0.3, -0.25) is 9.89 Å². The number of H-pyrrole nitrogens is 1. The zero-order valence-corrected chi connectivity index (χ0v) is 16.7. The number of hydrogen-bond donors (Lipinski definition) is 2. The molecule has 0 radical (unpaired) electrons. The molecular weight excluding hydrogens is 390 g/mol.